The van der Waals surface area contributed by atoms with Crippen molar-refractivity contribution in [3.63, 3.8) is 0 Å². The number of amidine groups is 1. The molecule has 3 rings (SSSR count). The second kappa shape index (κ2) is 18.1. The van der Waals surface area contributed by atoms with Crippen LogP contribution in [0.3, 0.4) is 0 Å². The molecule has 6 heteroatoms. The average molecular weight is 464 g/mol. The molecule has 0 radical (unpaired) electrons. The van der Waals surface area contributed by atoms with Gasteiger partial charge in [0.05, 0.1) is 0 Å². The Hall–Kier alpha value is -3.38. The Morgan fingerprint density at radius 1 is 1.18 bits per heavy atom. The second-order valence-corrected chi connectivity index (χ2v) is 7.48. The van der Waals surface area contributed by atoms with E-state index in [9.17, 15) is 0 Å². The van der Waals surface area contributed by atoms with Crippen LogP contribution in [-0.4, -0.2) is 24.6 Å². The van der Waals surface area contributed by atoms with Crippen molar-refractivity contribution in [1.82, 2.24) is 5.32 Å². The molecule has 184 valence electrons. The van der Waals surface area contributed by atoms with Crippen LogP contribution in [0.2, 0.25) is 0 Å². The third-order valence-corrected chi connectivity index (χ3v) is 5.00. The largest absolute Gasteiger partial charge is 0.461 e. The Morgan fingerprint density at radius 3 is 2.56 bits per heavy atom. The van der Waals surface area contributed by atoms with Gasteiger partial charge in [-0.3, -0.25) is 10.4 Å². The van der Waals surface area contributed by atoms with Crippen molar-refractivity contribution in [1.29, 1.82) is 5.41 Å². The van der Waals surface area contributed by atoms with Gasteiger partial charge in [-0.15, -0.1) is 0 Å². The van der Waals surface area contributed by atoms with E-state index in [0.29, 0.717) is 5.92 Å². The number of nitrogens with zero attached hydrogens (tertiary/aromatic N) is 1. The van der Waals surface area contributed by atoms with Crippen molar-refractivity contribution in [2.75, 3.05) is 13.1 Å². The van der Waals surface area contributed by atoms with Crippen molar-refractivity contribution in [3.05, 3.63) is 90.5 Å². The van der Waals surface area contributed by atoms with Crippen LogP contribution >= 0.6 is 0 Å². The van der Waals surface area contributed by atoms with Gasteiger partial charge in [0.1, 0.15) is 17.3 Å². The molecule has 1 fully saturated rings. The number of allylic oxidation sites excluding steroid dienone is 6. The summed E-state index contributed by atoms with van der Waals surface area (Å²) in [5.41, 5.74) is 12.9. The maximum atomic E-state index is 7.05. The number of rotatable bonds is 7. The normalized spacial score (nSPS) is 17.8. The first-order valence-electron chi connectivity index (χ1n) is 12.1. The molecule has 1 saturated heterocycles. The highest BCUT2D eigenvalue weighted by atomic mass is 16.5. The molecule has 6 N–H and O–H groups in total. The molecule has 6 nitrogen and oxygen atoms in total. The SMILES string of the molecule is CC.CCc1ccc(OC2=CC=CC=CC2)cc1.N=C(N)/C=C/N=C(\C=C\N)C1CCCNC1. The molecule has 0 bridgehead atoms. The minimum atomic E-state index is 0.00148. The fourth-order valence-electron chi connectivity index (χ4n) is 3.27. The Kier molecular flexibility index (Phi) is 15.2. The maximum Gasteiger partial charge on any atom is 0.126 e. The predicted octanol–water partition coefficient (Wildman–Crippen LogP) is 5.40. The zero-order valence-electron chi connectivity index (χ0n) is 20.8. The van der Waals surface area contributed by atoms with Crippen LogP contribution in [-0.2, 0) is 6.42 Å². The second-order valence-electron chi connectivity index (χ2n) is 7.48. The molecule has 34 heavy (non-hydrogen) atoms. The van der Waals surface area contributed by atoms with E-state index in [0.717, 1.165) is 56.0 Å². The summed E-state index contributed by atoms with van der Waals surface area (Å²) in [5, 5.41) is 10.4. The van der Waals surface area contributed by atoms with Crippen molar-refractivity contribution in [2.45, 2.75) is 46.5 Å². The van der Waals surface area contributed by atoms with Gasteiger partial charge in [-0.2, -0.15) is 0 Å². The standard InChI is InChI=1S/C15H16O.C11H19N5.C2H6/c1-2-13-9-11-15(12-10-13)16-14-7-5-3-4-6-8-14;12-5-3-10(16-7-4-11(13)14)9-2-1-6-15-8-9;1-2/h3-7,9-12H,2,8H2,1H3;3-5,7,9,15H,1-2,6,8,12H2,(H3,13,14);1-2H3/b;5-3+,7-4+,16-10+;. The highest BCUT2D eigenvalue weighted by Crippen LogP contribution is 2.18. The number of aryl methyl sites for hydroxylation is 1. The first-order valence-corrected chi connectivity index (χ1v) is 12.1. The predicted molar refractivity (Wildman–Crippen MR) is 146 cm³/mol. The van der Waals surface area contributed by atoms with Gasteiger partial charge in [0, 0.05) is 30.8 Å². The first-order chi connectivity index (χ1) is 16.6. The smallest absolute Gasteiger partial charge is 0.126 e. The van der Waals surface area contributed by atoms with Crippen LogP contribution in [0, 0.1) is 11.3 Å². The molecule has 2 aliphatic rings. The lowest BCUT2D eigenvalue weighted by Gasteiger charge is -2.22. The number of hydrogen-bond donors (Lipinski definition) is 4. The van der Waals surface area contributed by atoms with Gasteiger partial charge in [0.15, 0.2) is 0 Å². The van der Waals surface area contributed by atoms with E-state index in [1.807, 2.05) is 56.4 Å². The lowest BCUT2D eigenvalue weighted by atomic mass is 9.94. The maximum absolute atomic E-state index is 7.05. The first kappa shape index (κ1) is 28.7. The monoisotopic (exact) mass is 463 g/mol. The van der Waals surface area contributed by atoms with Crippen LogP contribution < -0.4 is 21.5 Å². The Labute approximate surface area is 205 Å². The highest BCUT2D eigenvalue weighted by Gasteiger charge is 2.16. The van der Waals surface area contributed by atoms with Gasteiger partial charge in [0.25, 0.3) is 0 Å². The van der Waals surface area contributed by atoms with Gasteiger partial charge in [-0.1, -0.05) is 57.2 Å². The summed E-state index contributed by atoms with van der Waals surface area (Å²) in [6, 6.07) is 8.27. The molecule has 1 aromatic carbocycles. The highest BCUT2D eigenvalue weighted by molar-refractivity contribution is 5.98. The summed E-state index contributed by atoms with van der Waals surface area (Å²) in [6.45, 7) is 8.15. The molecular weight excluding hydrogens is 422 g/mol. The summed E-state index contributed by atoms with van der Waals surface area (Å²) >= 11 is 0. The molecule has 0 amide bonds. The van der Waals surface area contributed by atoms with E-state index in [4.69, 9.17) is 21.6 Å². The quantitative estimate of drug-likeness (QED) is 0.320. The summed E-state index contributed by atoms with van der Waals surface area (Å²) in [4.78, 5) is 4.29. The average Bonchev–Trinajstić information content (AvgIpc) is 3.15. The lowest BCUT2D eigenvalue weighted by Crippen LogP contribution is -2.33. The molecule has 1 aromatic rings. The van der Waals surface area contributed by atoms with E-state index >= 15 is 0 Å². The van der Waals surface area contributed by atoms with Crippen LogP contribution in [0.25, 0.3) is 0 Å². The molecule has 1 aliphatic heterocycles. The van der Waals surface area contributed by atoms with E-state index in [-0.39, 0.29) is 5.84 Å². The third-order valence-electron chi connectivity index (χ3n) is 5.00. The fourth-order valence-corrected chi connectivity index (χ4v) is 3.27. The molecule has 1 heterocycles. The number of benzene rings is 1. The van der Waals surface area contributed by atoms with Crippen molar-refractivity contribution in [2.24, 2.45) is 22.4 Å². The lowest BCUT2D eigenvalue weighted by molar-refractivity contribution is 0.416. The number of aliphatic imine (C=N–C) groups is 1. The van der Waals surface area contributed by atoms with Gasteiger partial charge < -0.3 is 21.5 Å². The summed E-state index contributed by atoms with van der Waals surface area (Å²) in [7, 11) is 0. The summed E-state index contributed by atoms with van der Waals surface area (Å²) in [5.74, 6) is 2.29. The van der Waals surface area contributed by atoms with Gasteiger partial charge in [-0.05, 0) is 67.9 Å². The molecule has 1 aliphatic carbocycles. The van der Waals surface area contributed by atoms with E-state index < -0.39 is 0 Å². The Balaban J connectivity index is 0.000000317. The van der Waals surface area contributed by atoms with Crippen molar-refractivity contribution in [3.8, 4) is 5.75 Å². The van der Waals surface area contributed by atoms with Gasteiger partial charge in [-0.25, -0.2) is 0 Å². The fraction of sp³-hybridized carbons (Fsp3) is 0.357. The topological polar surface area (TPSA) is 110 Å². The van der Waals surface area contributed by atoms with Crippen LogP contribution in [0.1, 0.15) is 45.6 Å². The summed E-state index contributed by atoms with van der Waals surface area (Å²) in [6.07, 6.45) is 20.6. The Bertz CT molecular complexity index is 886. The molecule has 0 saturated carbocycles. The molecular formula is C28H41N5O. The van der Waals surface area contributed by atoms with Crippen molar-refractivity contribution >= 4 is 11.5 Å². The third kappa shape index (κ3) is 12.0. The molecule has 1 unspecified atom stereocenters. The van der Waals surface area contributed by atoms with E-state index in [1.165, 1.54) is 17.8 Å². The number of hydrogen-bond acceptors (Lipinski definition) is 5. The molecule has 1 atom stereocenters. The number of piperidine rings is 1. The van der Waals surface area contributed by atoms with Gasteiger partial charge >= 0.3 is 0 Å². The number of nitrogens with one attached hydrogen (secondary N) is 2. The zero-order chi connectivity index (χ0) is 25.0. The molecule has 0 spiro atoms. The van der Waals surface area contributed by atoms with Crippen LogP contribution in [0.5, 0.6) is 5.75 Å². The zero-order valence-corrected chi connectivity index (χ0v) is 20.8. The van der Waals surface area contributed by atoms with Crippen LogP contribution in [0.15, 0.2) is 89.9 Å². The van der Waals surface area contributed by atoms with Gasteiger partial charge in [0.2, 0.25) is 0 Å². The van der Waals surface area contributed by atoms with E-state index in [1.54, 1.807) is 6.20 Å². The minimum Gasteiger partial charge on any atom is -0.461 e. The van der Waals surface area contributed by atoms with E-state index in [2.05, 4.69) is 35.4 Å². The van der Waals surface area contributed by atoms with Crippen LogP contribution in [0.4, 0.5) is 0 Å². The number of ether oxygens (including phenoxy) is 1. The number of nitrogens with two attached hydrogens (primary N) is 2. The summed E-state index contributed by atoms with van der Waals surface area (Å²) < 4.78 is 5.79. The van der Waals surface area contributed by atoms with Crippen molar-refractivity contribution < 1.29 is 4.74 Å². The molecule has 0 aromatic heterocycles. The Morgan fingerprint density at radius 2 is 1.94 bits per heavy atom. The minimum absolute atomic E-state index is 0.00148.